The van der Waals surface area contributed by atoms with Crippen LogP contribution in [0, 0.1) is 19.8 Å². The topological polar surface area (TPSA) is 121 Å². The number of hydrogen-bond acceptors (Lipinski definition) is 9. The lowest BCUT2D eigenvalue weighted by atomic mass is 9.88. The Morgan fingerprint density at radius 3 is 2.69 bits per heavy atom. The first-order valence-corrected chi connectivity index (χ1v) is 11.6. The minimum Gasteiger partial charge on any atom is -0.494 e. The quantitative estimate of drug-likeness (QED) is 0.420. The van der Waals surface area contributed by atoms with Gasteiger partial charge in [-0.05, 0) is 32.0 Å². The fraction of sp³-hybridized carbons (Fsp3) is 0.417. The molecule has 4 unspecified atom stereocenters. The summed E-state index contributed by atoms with van der Waals surface area (Å²) in [5, 5.41) is 16.7. The number of hydrogen-bond donors (Lipinski definition) is 4. The van der Waals surface area contributed by atoms with E-state index in [0.29, 0.717) is 18.0 Å². The molecule has 4 heterocycles. The molecule has 2 saturated heterocycles. The van der Waals surface area contributed by atoms with E-state index in [1.165, 1.54) is 0 Å². The molecule has 5 rings (SSSR count). The summed E-state index contributed by atoms with van der Waals surface area (Å²) in [4.78, 5) is 21.9. The van der Waals surface area contributed by atoms with Crippen molar-refractivity contribution in [1.82, 2.24) is 35.5 Å². The molecule has 4 N–H and O–H groups in total. The number of aromatic nitrogens is 4. The first-order valence-electron chi connectivity index (χ1n) is 11.6. The molecule has 2 fully saturated rings. The Hall–Kier alpha value is -3.70. The summed E-state index contributed by atoms with van der Waals surface area (Å²) in [5.41, 5.74) is 6.67. The van der Waals surface area contributed by atoms with E-state index in [-0.39, 0.29) is 30.2 Å². The van der Waals surface area contributed by atoms with Crippen molar-refractivity contribution in [3.63, 3.8) is 0 Å². The van der Waals surface area contributed by atoms with Crippen molar-refractivity contribution in [2.75, 3.05) is 24.8 Å². The number of rotatable bonds is 6. The highest BCUT2D eigenvalue weighted by molar-refractivity contribution is 5.83. The standard InChI is InChI=1S/C24H31N9O2/c1-13-11-19(26-14(2)25-13)28-20-12-18(21-23(29-20)31-33(4)24(21)34)27-17-8-6-7-15(22(17)35-5)16-9-10-32(3)30-16/h6-11,18,20-21,23,27,29,31H,12H2,1-5H3,(H,25,26,28). The molecule has 4 atom stereocenters. The fourth-order valence-electron chi connectivity index (χ4n) is 5.00. The van der Waals surface area contributed by atoms with Crippen molar-refractivity contribution >= 4 is 17.4 Å². The van der Waals surface area contributed by atoms with Gasteiger partial charge in [0, 0.05) is 50.1 Å². The minimum atomic E-state index is -0.296. The van der Waals surface area contributed by atoms with Gasteiger partial charge in [-0.15, -0.1) is 0 Å². The molecule has 3 aromatic rings. The van der Waals surface area contributed by atoms with Crippen molar-refractivity contribution in [3.05, 3.63) is 48.0 Å². The van der Waals surface area contributed by atoms with Crippen molar-refractivity contribution in [1.29, 1.82) is 0 Å². The molecule has 0 aliphatic carbocycles. The number of piperidine rings is 1. The second-order valence-electron chi connectivity index (χ2n) is 9.08. The molecule has 2 aliphatic rings. The Balaban J connectivity index is 1.44. The second-order valence-corrected chi connectivity index (χ2v) is 9.08. The molecule has 0 saturated carbocycles. The van der Waals surface area contributed by atoms with Crippen LogP contribution in [-0.2, 0) is 11.8 Å². The molecule has 184 valence electrons. The minimum absolute atomic E-state index is 0.0343. The molecule has 2 aliphatic heterocycles. The summed E-state index contributed by atoms with van der Waals surface area (Å²) in [7, 11) is 5.29. The number of carbonyl (C=O) groups excluding carboxylic acids is 1. The molecule has 0 spiro atoms. The monoisotopic (exact) mass is 477 g/mol. The van der Waals surface area contributed by atoms with Crippen molar-refractivity contribution in [2.24, 2.45) is 13.0 Å². The van der Waals surface area contributed by atoms with Gasteiger partial charge in [0.2, 0.25) is 5.91 Å². The predicted octanol–water partition coefficient (Wildman–Crippen LogP) is 1.63. The second kappa shape index (κ2) is 9.16. The van der Waals surface area contributed by atoms with E-state index in [0.717, 1.165) is 28.5 Å². The van der Waals surface area contributed by atoms with E-state index in [2.05, 4.69) is 36.4 Å². The number of hydrazine groups is 1. The van der Waals surface area contributed by atoms with Gasteiger partial charge in [-0.3, -0.25) is 19.8 Å². The third-order valence-corrected chi connectivity index (χ3v) is 6.45. The number of amides is 1. The summed E-state index contributed by atoms with van der Waals surface area (Å²) in [5.74, 6) is 1.89. The number of methoxy groups -OCH3 is 1. The van der Waals surface area contributed by atoms with E-state index in [9.17, 15) is 4.79 Å². The highest BCUT2D eigenvalue weighted by Gasteiger charge is 2.48. The maximum absolute atomic E-state index is 13.0. The van der Waals surface area contributed by atoms with Gasteiger partial charge >= 0.3 is 0 Å². The van der Waals surface area contributed by atoms with Crippen LogP contribution in [0.15, 0.2) is 36.5 Å². The highest BCUT2D eigenvalue weighted by Crippen LogP contribution is 2.38. The Bertz CT molecular complexity index is 1220. The number of fused-ring (bicyclic) bond motifs is 1. The smallest absolute Gasteiger partial charge is 0.244 e. The van der Waals surface area contributed by atoms with Crippen molar-refractivity contribution in [2.45, 2.75) is 38.6 Å². The van der Waals surface area contributed by atoms with E-state index >= 15 is 0 Å². The number of nitrogens with zero attached hydrogens (tertiary/aromatic N) is 5. The van der Waals surface area contributed by atoms with Crippen LogP contribution >= 0.6 is 0 Å². The lowest BCUT2D eigenvalue weighted by molar-refractivity contribution is -0.131. The molecule has 35 heavy (non-hydrogen) atoms. The molecule has 1 aromatic carbocycles. The Morgan fingerprint density at radius 2 is 1.97 bits per heavy atom. The number of benzene rings is 1. The van der Waals surface area contributed by atoms with E-state index in [1.807, 2.05) is 57.4 Å². The average molecular weight is 478 g/mol. The van der Waals surface area contributed by atoms with Crippen LogP contribution in [0.5, 0.6) is 5.75 Å². The first kappa shape index (κ1) is 23.1. The summed E-state index contributed by atoms with van der Waals surface area (Å²) in [6, 6.07) is 9.63. The number of anilines is 2. The van der Waals surface area contributed by atoms with Gasteiger partial charge < -0.3 is 15.4 Å². The van der Waals surface area contributed by atoms with Gasteiger partial charge in [-0.2, -0.15) is 5.10 Å². The van der Waals surface area contributed by atoms with Gasteiger partial charge in [0.25, 0.3) is 0 Å². The third-order valence-electron chi connectivity index (χ3n) is 6.45. The summed E-state index contributed by atoms with van der Waals surface area (Å²) in [6.07, 6.45) is 2.18. The van der Waals surface area contributed by atoms with Gasteiger partial charge in [-0.1, -0.05) is 6.07 Å². The Kier molecular flexibility index (Phi) is 6.03. The SMILES string of the molecule is COc1c(NC2CC(Nc3cc(C)nc(C)n3)NC3NN(C)C(=O)C23)cccc1-c1ccn(C)n1. The highest BCUT2D eigenvalue weighted by atomic mass is 16.5. The zero-order chi connectivity index (χ0) is 24.7. The molecule has 0 radical (unpaired) electrons. The molecule has 1 amide bonds. The van der Waals surface area contributed by atoms with Crippen LogP contribution in [0.2, 0.25) is 0 Å². The Labute approximate surface area is 204 Å². The summed E-state index contributed by atoms with van der Waals surface area (Å²) in [6.45, 7) is 3.82. The van der Waals surface area contributed by atoms with Crippen molar-refractivity contribution in [3.8, 4) is 17.0 Å². The zero-order valence-electron chi connectivity index (χ0n) is 20.5. The Morgan fingerprint density at radius 1 is 1.14 bits per heavy atom. The summed E-state index contributed by atoms with van der Waals surface area (Å²) < 4.78 is 7.58. The first-order chi connectivity index (χ1) is 16.8. The average Bonchev–Trinajstić information content (AvgIpc) is 3.35. The van der Waals surface area contributed by atoms with E-state index in [1.54, 1.807) is 23.8 Å². The number of carbonyl (C=O) groups is 1. The summed E-state index contributed by atoms with van der Waals surface area (Å²) >= 11 is 0. The van der Waals surface area contributed by atoms with E-state index < -0.39 is 0 Å². The van der Waals surface area contributed by atoms with Crippen LogP contribution in [0.25, 0.3) is 11.3 Å². The normalized spacial score (nSPS) is 23.8. The van der Waals surface area contributed by atoms with Crippen LogP contribution in [0.1, 0.15) is 17.9 Å². The molecule has 11 nitrogen and oxygen atoms in total. The fourth-order valence-corrected chi connectivity index (χ4v) is 5.00. The third kappa shape index (κ3) is 4.52. The van der Waals surface area contributed by atoms with Crippen LogP contribution in [-0.4, -0.2) is 63.2 Å². The predicted molar refractivity (Wildman–Crippen MR) is 132 cm³/mol. The molecular weight excluding hydrogens is 446 g/mol. The zero-order valence-corrected chi connectivity index (χ0v) is 20.5. The lowest BCUT2D eigenvalue weighted by Crippen LogP contribution is -2.60. The maximum atomic E-state index is 13.0. The van der Waals surface area contributed by atoms with Gasteiger partial charge in [-0.25, -0.2) is 15.4 Å². The lowest BCUT2D eigenvalue weighted by Gasteiger charge is -2.39. The number of ether oxygens (including phenoxy) is 1. The molecule has 11 heteroatoms. The number of para-hydroxylation sites is 1. The van der Waals surface area contributed by atoms with Gasteiger partial charge in [0.1, 0.15) is 11.6 Å². The maximum Gasteiger partial charge on any atom is 0.244 e. The van der Waals surface area contributed by atoms with Crippen LogP contribution < -0.4 is 26.1 Å². The molecule has 2 aromatic heterocycles. The van der Waals surface area contributed by atoms with Crippen LogP contribution in [0.3, 0.4) is 0 Å². The molecule has 0 bridgehead atoms. The molecular formula is C24H31N9O2. The van der Waals surface area contributed by atoms with E-state index in [4.69, 9.17) is 4.74 Å². The van der Waals surface area contributed by atoms with Crippen LogP contribution in [0.4, 0.5) is 11.5 Å². The van der Waals surface area contributed by atoms with Gasteiger partial charge in [0.05, 0.1) is 36.7 Å². The number of aryl methyl sites for hydroxylation is 3. The van der Waals surface area contributed by atoms with Crippen molar-refractivity contribution < 1.29 is 9.53 Å². The largest absolute Gasteiger partial charge is 0.494 e. The van der Waals surface area contributed by atoms with Gasteiger partial charge in [0.15, 0.2) is 5.75 Å². The number of nitrogens with one attached hydrogen (secondary N) is 4.